The average Bonchev–Trinajstić information content (AvgIpc) is 2.64. The minimum atomic E-state index is -1.14. The van der Waals surface area contributed by atoms with Gasteiger partial charge < -0.3 is 14.9 Å². The summed E-state index contributed by atoms with van der Waals surface area (Å²) in [5, 5.41) is 18.3. The topological polar surface area (TPSA) is 83.8 Å². The van der Waals surface area contributed by atoms with Crippen LogP contribution in [0.2, 0.25) is 0 Å². The molecule has 18 heavy (non-hydrogen) atoms. The molecule has 5 nitrogen and oxygen atoms in total. The molecule has 1 aromatic heterocycles. The van der Waals surface area contributed by atoms with Crippen LogP contribution in [-0.4, -0.2) is 28.8 Å². The van der Waals surface area contributed by atoms with Crippen molar-refractivity contribution in [2.24, 2.45) is 0 Å². The van der Waals surface area contributed by atoms with E-state index in [0.717, 1.165) is 21.6 Å². The molecule has 2 aromatic rings. The van der Waals surface area contributed by atoms with Gasteiger partial charge in [0.05, 0.1) is 0 Å². The van der Waals surface area contributed by atoms with Gasteiger partial charge >= 0.3 is 11.9 Å². The van der Waals surface area contributed by atoms with Crippen LogP contribution < -0.4 is 4.74 Å². The van der Waals surface area contributed by atoms with Crippen LogP contribution in [0.5, 0.6) is 5.75 Å². The molecule has 6 heteroatoms. The third-order valence-corrected chi connectivity index (χ3v) is 3.46. The van der Waals surface area contributed by atoms with Crippen LogP contribution in [-0.2, 0) is 4.79 Å². The van der Waals surface area contributed by atoms with Gasteiger partial charge in [-0.25, -0.2) is 9.59 Å². The Morgan fingerprint density at radius 1 is 1.33 bits per heavy atom. The number of aliphatic carboxylic acids is 1. The number of benzene rings is 1. The highest BCUT2D eigenvalue weighted by atomic mass is 32.1. The molecular weight excluding hydrogens is 256 g/mol. The third-order valence-electron chi connectivity index (χ3n) is 2.33. The zero-order valence-corrected chi connectivity index (χ0v) is 10.3. The molecule has 94 valence electrons. The van der Waals surface area contributed by atoms with Crippen molar-refractivity contribution in [3.8, 4) is 5.75 Å². The van der Waals surface area contributed by atoms with E-state index >= 15 is 0 Å². The smallest absolute Gasteiger partial charge is 0.349 e. The van der Waals surface area contributed by atoms with E-state index in [1.807, 2.05) is 19.1 Å². The number of carboxylic acid groups (broad SMARTS) is 2. The number of carboxylic acids is 2. The van der Waals surface area contributed by atoms with Crippen molar-refractivity contribution in [1.82, 2.24) is 0 Å². The summed E-state index contributed by atoms with van der Waals surface area (Å²) >= 11 is 1.08. The number of thiophene rings is 1. The molecule has 0 spiro atoms. The fourth-order valence-electron chi connectivity index (χ4n) is 1.60. The molecule has 0 aliphatic carbocycles. The maximum absolute atomic E-state index is 11.1. The number of aromatic carboxylic acids is 1. The summed E-state index contributed by atoms with van der Waals surface area (Å²) < 4.78 is 5.85. The van der Waals surface area contributed by atoms with E-state index in [1.165, 1.54) is 0 Å². The number of hydrogen-bond acceptors (Lipinski definition) is 4. The highest BCUT2D eigenvalue weighted by Gasteiger charge is 2.19. The summed E-state index contributed by atoms with van der Waals surface area (Å²) in [6.07, 6.45) is 0. The number of aryl methyl sites for hydroxylation is 1. The van der Waals surface area contributed by atoms with Crippen molar-refractivity contribution >= 4 is 33.4 Å². The molecule has 0 radical (unpaired) electrons. The van der Waals surface area contributed by atoms with Gasteiger partial charge in [0.15, 0.2) is 17.2 Å². The predicted molar refractivity (Wildman–Crippen MR) is 66.7 cm³/mol. The van der Waals surface area contributed by atoms with Gasteiger partial charge in [-0.05, 0) is 24.6 Å². The summed E-state index contributed by atoms with van der Waals surface area (Å²) in [5.74, 6) is -2.13. The summed E-state index contributed by atoms with van der Waals surface area (Å²) in [6.45, 7) is 1.34. The lowest BCUT2D eigenvalue weighted by molar-refractivity contribution is -0.139. The molecule has 2 rings (SSSR count). The first-order valence-corrected chi connectivity index (χ1v) is 5.91. The fourth-order valence-corrected chi connectivity index (χ4v) is 2.68. The van der Waals surface area contributed by atoms with Crippen LogP contribution in [0.4, 0.5) is 0 Å². The van der Waals surface area contributed by atoms with E-state index in [4.69, 9.17) is 14.9 Å². The van der Waals surface area contributed by atoms with Crippen LogP contribution in [0.25, 0.3) is 10.1 Å². The Bertz CT molecular complexity index is 629. The lowest BCUT2D eigenvalue weighted by Gasteiger charge is -2.03. The first-order valence-electron chi connectivity index (χ1n) is 5.10. The Labute approximate surface area is 106 Å². The second kappa shape index (κ2) is 4.66. The van der Waals surface area contributed by atoms with Gasteiger partial charge in [0.2, 0.25) is 0 Å². The maximum atomic E-state index is 11.1. The van der Waals surface area contributed by atoms with Gasteiger partial charge in [-0.3, -0.25) is 0 Å². The molecule has 0 bridgehead atoms. The van der Waals surface area contributed by atoms with Crippen molar-refractivity contribution in [3.63, 3.8) is 0 Å². The number of rotatable bonds is 4. The van der Waals surface area contributed by atoms with E-state index in [9.17, 15) is 9.59 Å². The minimum Gasteiger partial charge on any atom is -0.479 e. The number of fused-ring (bicyclic) bond motifs is 1. The Balaban J connectivity index is 2.55. The Hall–Kier alpha value is -2.08. The molecule has 0 aliphatic heterocycles. The number of ether oxygens (including phenoxy) is 1. The molecule has 0 fully saturated rings. The van der Waals surface area contributed by atoms with Gasteiger partial charge in [0.1, 0.15) is 0 Å². The second-order valence-corrected chi connectivity index (χ2v) is 4.80. The van der Waals surface area contributed by atoms with E-state index < -0.39 is 18.5 Å². The number of hydrogen-bond donors (Lipinski definition) is 2. The fraction of sp³-hybridized carbons (Fsp3) is 0.167. The van der Waals surface area contributed by atoms with Crippen LogP contribution in [0, 0.1) is 6.92 Å². The van der Waals surface area contributed by atoms with Crippen molar-refractivity contribution in [2.75, 3.05) is 6.61 Å². The van der Waals surface area contributed by atoms with Crippen molar-refractivity contribution in [1.29, 1.82) is 0 Å². The van der Waals surface area contributed by atoms with E-state index in [1.54, 1.807) is 6.07 Å². The summed E-state index contributed by atoms with van der Waals surface area (Å²) in [5.41, 5.74) is 1.01. The second-order valence-electron chi connectivity index (χ2n) is 3.75. The van der Waals surface area contributed by atoms with E-state index in [-0.39, 0.29) is 10.6 Å². The first kappa shape index (κ1) is 12.4. The Morgan fingerprint density at radius 2 is 2.06 bits per heavy atom. The minimum absolute atomic E-state index is 0.0249. The summed E-state index contributed by atoms with van der Waals surface area (Å²) in [7, 11) is 0. The monoisotopic (exact) mass is 266 g/mol. The van der Waals surface area contributed by atoms with E-state index in [0.29, 0.717) is 5.39 Å². The van der Waals surface area contributed by atoms with Gasteiger partial charge in [-0.1, -0.05) is 6.07 Å². The summed E-state index contributed by atoms with van der Waals surface area (Å²) in [6, 6.07) is 5.42. The molecule has 0 amide bonds. The van der Waals surface area contributed by atoms with Gasteiger partial charge in [0.25, 0.3) is 0 Å². The van der Waals surface area contributed by atoms with E-state index in [2.05, 4.69) is 0 Å². The standard InChI is InChI=1S/C12H10O5S/c1-6-2-3-7-8(4-6)18-11(12(15)16)10(7)17-5-9(13)14/h2-4H,5H2,1H3,(H,13,14)(H,15,16). The quantitative estimate of drug-likeness (QED) is 0.887. The normalized spacial score (nSPS) is 10.5. The molecule has 0 atom stereocenters. The van der Waals surface area contributed by atoms with Gasteiger partial charge in [-0.2, -0.15) is 0 Å². The molecule has 0 saturated carbocycles. The molecule has 0 saturated heterocycles. The van der Waals surface area contributed by atoms with Crippen molar-refractivity contribution < 1.29 is 24.5 Å². The largest absolute Gasteiger partial charge is 0.479 e. The summed E-state index contributed by atoms with van der Waals surface area (Å²) in [4.78, 5) is 21.6. The highest BCUT2D eigenvalue weighted by molar-refractivity contribution is 7.21. The Kier molecular flexibility index (Phi) is 3.20. The first-order chi connectivity index (χ1) is 8.49. The van der Waals surface area contributed by atoms with Crippen LogP contribution in [0.15, 0.2) is 18.2 Å². The van der Waals surface area contributed by atoms with Crippen molar-refractivity contribution in [3.05, 3.63) is 28.6 Å². The third kappa shape index (κ3) is 2.28. The molecule has 0 unspecified atom stereocenters. The molecule has 1 aromatic carbocycles. The van der Waals surface area contributed by atoms with Gasteiger partial charge in [0, 0.05) is 10.1 Å². The zero-order valence-electron chi connectivity index (χ0n) is 9.47. The Morgan fingerprint density at radius 3 is 2.67 bits per heavy atom. The SMILES string of the molecule is Cc1ccc2c(OCC(=O)O)c(C(=O)O)sc2c1. The lowest BCUT2D eigenvalue weighted by atomic mass is 10.2. The molecule has 0 aliphatic rings. The molecular formula is C12H10O5S. The zero-order chi connectivity index (χ0) is 13.3. The van der Waals surface area contributed by atoms with Crippen molar-refractivity contribution in [2.45, 2.75) is 6.92 Å². The predicted octanol–water partition coefficient (Wildman–Crippen LogP) is 2.37. The molecule has 2 N–H and O–H groups in total. The van der Waals surface area contributed by atoms with Crippen LogP contribution in [0.3, 0.4) is 0 Å². The molecule has 1 heterocycles. The van der Waals surface area contributed by atoms with Crippen LogP contribution in [0.1, 0.15) is 15.2 Å². The lowest BCUT2D eigenvalue weighted by Crippen LogP contribution is -2.10. The highest BCUT2D eigenvalue weighted by Crippen LogP contribution is 2.38. The number of carbonyl (C=O) groups is 2. The van der Waals surface area contributed by atoms with Crippen LogP contribution >= 0.6 is 11.3 Å². The van der Waals surface area contributed by atoms with Gasteiger partial charge in [-0.15, -0.1) is 11.3 Å². The maximum Gasteiger partial charge on any atom is 0.349 e. The average molecular weight is 266 g/mol.